The lowest BCUT2D eigenvalue weighted by molar-refractivity contribution is -0.142. The quantitative estimate of drug-likeness (QED) is 0.736. The van der Waals surface area contributed by atoms with E-state index < -0.39 is 17.8 Å². The van der Waals surface area contributed by atoms with Crippen molar-refractivity contribution in [1.29, 1.82) is 0 Å². The van der Waals surface area contributed by atoms with Gasteiger partial charge in [-0.3, -0.25) is 14.4 Å². The van der Waals surface area contributed by atoms with Gasteiger partial charge in [0.15, 0.2) is 11.5 Å². The number of nitrogens with zero attached hydrogens (tertiary/aromatic N) is 1. The molecule has 1 saturated carbocycles. The Morgan fingerprint density at radius 2 is 1.85 bits per heavy atom. The molecule has 1 aromatic rings. The third-order valence-electron chi connectivity index (χ3n) is 5.31. The van der Waals surface area contributed by atoms with Crippen molar-refractivity contribution in [2.45, 2.75) is 12.8 Å². The van der Waals surface area contributed by atoms with E-state index in [1.165, 1.54) is 20.3 Å². The summed E-state index contributed by atoms with van der Waals surface area (Å²) in [5.74, 6) is -0.673. The zero-order chi connectivity index (χ0) is 19.6. The molecular formula is C19H24N2O6. The average molecular weight is 376 g/mol. The van der Waals surface area contributed by atoms with Gasteiger partial charge in [0.05, 0.1) is 26.7 Å². The summed E-state index contributed by atoms with van der Waals surface area (Å²) in [6.07, 6.45) is 2.07. The van der Waals surface area contributed by atoms with Gasteiger partial charge in [0.1, 0.15) is 0 Å². The molecule has 3 rings (SSSR count). The lowest BCUT2D eigenvalue weighted by Gasteiger charge is -2.17. The minimum Gasteiger partial charge on any atom is -0.493 e. The van der Waals surface area contributed by atoms with Gasteiger partial charge in [0.25, 0.3) is 5.91 Å². The molecule has 8 nitrogen and oxygen atoms in total. The van der Waals surface area contributed by atoms with Gasteiger partial charge in [-0.25, -0.2) is 0 Å². The summed E-state index contributed by atoms with van der Waals surface area (Å²) in [6, 6.07) is 4.74. The fraction of sp³-hybridized carbons (Fsp3) is 0.526. The van der Waals surface area contributed by atoms with Gasteiger partial charge in [-0.1, -0.05) is 0 Å². The second kappa shape index (κ2) is 7.85. The second-order valence-corrected chi connectivity index (χ2v) is 7.00. The van der Waals surface area contributed by atoms with E-state index in [1.807, 2.05) is 0 Å². The SMILES string of the molecule is COc1ccc(C(=O)NCC(=O)N2C[C@H](C(=O)O)[C@@H](C3CC3)C2)cc1OC. The standard InChI is InChI=1S/C19H24N2O6/c1-26-15-6-5-12(7-16(15)27-2)18(23)20-8-17(22)21-9-13(11-3-4-11)14(10-21)19(24)25/h5-7,11,13-14H,3-4,8-10H2,1-2H3,(H,20,23)(H,24,25)/t13-,14+/m1/s1. The molecule has 0 radical (unpaired) electrons. The first-order chi connectivity index (χ1) is 12.9. The molecule has 2 aliphatic rings. The number of hydrogen-bond acceptors (Lipinski definition) is 5. The molecule has 0 bridgehead atoms. The highest BCUT2D eigenvalue weighted by atomic mass is 16.5. The highest BCUT2D eigenvalue weighted by Crippen LogP contribution is 2.44. The summed E-state index contributed by atoms with van der Waals surface area (Å²) < 4.78 is 10.3. The van der Waals surface area contributed by atoms with Gasteiger partial charge < -0.3 is 24.8 Å². The Morgan fingerprint density at radius 1 is 1.15 bits per heavy atom. The molecular weight excluding hydrogens is 352 g/mol. The molecule has 1 aliphatic carbocycles. The summed E-state index contributed by atoms with van der Waals surface area (Å²) in [7, 11) is 2.98. The van der Waals surface area contributed by atoms with Crippen LogP contribution in [0.15, 0.2) is 18.2 Å². The van der Waals surface area contributed by atoms with Crippen LogP contribution in [0.25, 0.3) is 0 Å². The molecule has 1 heterocycles. The number of carboxylic acid groups (broad SMARTS) is 1. The van der Waals surface area contributed by atoms with E-state index in [-0.39, 0.29) is 24.9 Å². The largest absolute Gasteiger partial charge is 0.493 e. The molecule has 146 valence electrons. The van der Waals surface area contributed by atoms with Crippen LogP contribution in [0.5, 0.6) is 11.5 Å². The average Bonchev–Trinajstić information content (AvgIpc) is 3.42. The summed E-state index contributed by atoms with van der Waals surface area (Å²) >= 11 is 0. The monoisotopic (exact) mass is 376 g/mol. The van der Waals surface area contributed by atoms with Crippen LogP contribution in [0.1, 0.15) is 23.2 Å². The number of carbonyl (C=O) groups is 3. The van der Waals surface area contributed by atoms with Gasteiger partial charge in [-0.05, 0) is 42.9 Å². The number of likely N-dealkylation sites (tertiary alicyclic amines) is 1. The molecule has 2 atom stereocenters. The van der Waals surface area contributed by atoms with Gasteiger partial charge in [0, 0.05) is 18.7 Å². The van der Waals surface area contributed by atoms with Crippen LogP contribution < -0.4 is 14.8 Å². The zero-order valence-electron chi connectivity index (χ0n) is 15.4. The molecule has 2 fully saturated rings. The molecule has 1 aromatic carbocycles. The molecule has 2 amide bonds. The van der Waals surface area contributed by atoms with E-state index in [4.69, 9.17) is 9.47 Å². The summed E-state index contributed by atoms with van der Waals surface area (Å²) in [4.78, 5) is 37.7. The Labute approximate surface area is 157 Å². The van der Waals surface area contributed by atoms with Crippen LogP contribution in [0.4, 0.5) is 0 Å². The van der Waals surface area contributed by atoms with Crippen molar-refractivity contribution in [3.05, 3.63) is 23.8 Å². The number of rotatable bonds is 7. The first-order valence-corrected chi connectivity index (χ1v) is 8.95. The lowest BCUT2D eigenvalue weighted by Crippen LogP contribution is -2.39. The van der Waals surface area contributed by atoms with Crippen molar-refractivity contribution in [2.24, 2.45) is 17.8 Å². The molecule has 0 aromatic heterocycles. The zero-order valence-corrected chi connectivity index (χ0v) is 15.4. The molecule has 0 unspecified atom stereocenters. The molecule has 8 heteroatoms. The van der Waals surface area contributed by atoms with Crippen LogP contribution in [0.3, 0.4) is 0 Å². The Balaban J connectivity index is 1.57. The number of carbonyl (C=O) groups excluding carboxylic acids is 2. The van der Waals surface area contributed by atoms with Gasteiger partial charge in [0.2, 0.25) is 5.91 Å². The predicted molar refractivity (Wildman–Crippen MR) is 95.8 cm³/mol. The van der Waals surface area contributed by atoms with Gasteiger partial charge in [-0.2, -0.15) is 0 Å². The number of benzene rings is 1. The first-order valence-electron chi connectivity index (χ1n) is 8.95. The number of carboxylic acids is 1. The summed E-state index contributed by atoms with van der Waals surface area (Å²) in [5, 5.41) is 12.0. The molecule has 1 aliphatic heterocycles. The highest BCUT2D eigenvalue weighted by Gasteiger charge is 2.46. The van der Waals surface area contributed by atoms with Gasteiger partial charge >= 0.3 is 5.97 Å². The van der Waals surface area contributed by atoms with Crippen LogP contribution in [-0.2, 0) is 9.59 Å². The maximum atomic E-state index is 12.4. The maximum absolute atomic E-state index is 12.4. The molecule has 27 heavy (non-hydrogen) atoms. The number of hydrogen-bond donors (Lipinski definition) is 2. The van der Waals surface area contributed by atoms with Crippen molar-refractivity contribution in [3.63, 3.8) is 0 Å². The number of nitrogens with one attached hydrogen (secondary N) is 1. The minimum absolute atomic E-state index is 0.0213. The van der Waals surface area contributed by atoms with Gasteiger partial charge in [-0.15, -0.1) is 0 Å². The number of methoxy groups -OCH3 is 2. The van der Waals surface area contributed by atoms with Crippen molar-refractivity contribution in [1.82, 2.24) is 10.2 Å². The number of ether oxygens (including phenoxy) is 2. The number of aliphatic carboxylic acids is 1. The van der Waals surface area contributed by atoms with Crippen molar-refractivity contribution in [2.75, 3.05) is 33.9 Å². The summed E-state index contributed by atoms with van der Waals surface area (Å²) in [6.45, 7) is 0.491. The van der Waals surface area contributed by atoms with Crippen LogP contribution in [-0.4, -0.2) is 61.6 Å². The van der Waals surface area contributed by atoms with E-state index in [9.17, 15) is 19.5 Å². The maximum Gasteiger partial charge on any atom is 0.308 e. The third-order valence-corrected chi connectivity index (χ3v) is 5.31. The summed E-state index contributed by atoms with van der Waals surface area (Å²) in [5.41, 5.74) is 0.348. The Morgan fingerprint density at radius 3 is 2.44 bits per heavy atom. The first kappa shape index (κ1) is 19.0. The van der Waals surface area contributed by atoms with Crippen molar-refractivity contribution < 1.29 is 29.0 Å². The Bertz CT molecular complexity index is 746. The minimum atomic E-state index is -0.850. The lowest BCUT2D eigenvalue weighted by atomic mass is 9.92. The molecule has 0 spiro atoms. The predicted octanol–water partition coefficient (Wildman–Crippen LogP) is 1.00. The van der Waals surface area contributed by atoms with Crippen LogP contribution in [0.2, 0.25) is 0 Å². The third kappa shape index (κ3) is 4.15. The van der Waals surface area contributed by atoms with E-state index in [0.717, 1.165) is 12.8 Å². The van der Waals surface area contributed by atoms with Crippen molar-refractivity contribution >= 4 is 17.8 Å². The topological polar surface area (TPSA) is 105 Å². The smallest absolute Gasteiger partial charge is 0.308 e. The highest BCUT2D eigenvalue weighted by molar-refractivity contribution is 5.97. The Kier molecular flexibility index (Phi) is 5.53. The normalized spacial score (nSPS) is 21.6. The van der Waals surface area contributed by atoms with Crippen LogP contribution >= 0.6 is 0 Å². The van der Waals surface area contributed by atoms with E-state index >= 15 is 0 Å². The van der Waals surface area contributed by atoms with E-state index in [2.05, 4.69) is 5.32 Å². The fourth-order valence-corrected chi connectivity index (χ4v) is 3.64. The Hall–Kier alpha value is -2.77. The molecule has 1 saturated heterocycles. The number of amides is 2. The van der Waals surface area contributed by atoms with Crippen LogP contribution in [0, 0.1) is 17.8 Å². The van der Waals surface area contributed by atoms with Crippen molar-refractivity contribution in [3.8, 4) is 11.5 Å². The fourth-order valence-electron chi connectivity index (χ4n) is 3.64. The van der Waals surface area contributed by atoms with E-state index in [0.29, 0.717) is 29.5 Å². The molecule has 2 N–H and O–H groups in total. The second-order valence-electron chi connectivity index (χ2n) is 7.00. The van der Waals surface area contributed by atoms with E-state index in [1.54, 1.807) is 17.0 Å².